The van der Waals surface area contributed by atoms with E-state index in [1.165, 1.54) is 0 Å². The van der Waals surface area contributed by atoms with Crippen LogP contribution in [0.4, 0.5) is 0 Å². The largest absolute Gasteiger partial charge is 0.392 e. The van der Waals surface area contributed by atoms with E-state index in [0.717, 1.165) is 5.56 Å². The van der Waals surface area contributed by atoms with Gasteiger partial charge >= 0.3 is 0 Å². The first-order chi connectivity index (χ1) is 8.40. The summed E-state index contributed by atoms with van der Waals surface area (Å²) in [6, 6.07) is 7.64. The zero-order valence-corrected chi connectivity index (χ0v) is 11.3. The van der Waals surface area contributed by atoms with Gasteiger partial charge in [0.05, 0.1) is 6.10 Å². The number of aliphatic hydroxyl groups excluding tert-OH is 1. The minimum Gasteiger partial charge on any atom is -0.392 e. The van der Waals surface area contributed by atoms with E-state index in [1.807, 2.05) is 12.1 Å². The van der Waals surface area contributed by atoms with Crippen LogP contribution in [0.25, 0.3) is 0 Å². The molecule has 1 atom stereocenters. The Balaban J connectivity index is 2.80. The summed E-state index contributed by atoms with van der Waals surface area (Å²) in [6.45, 7) is 7.25. The van der Waals surface area contributed by atoms with E-state index >= 15 is 0 Å². The van der Waals surface area contributed by atoms with Gasteiger partial charge < -0.3 is 10.8 Å². The van der Waals surface area contributed by atoms with Gasteiger partial charge in [-0.25, -0.2) is 0 Å². The lowest BCUT2D eigenvalue weighted by atomic mass is 10.1. The molecule has 0 aliphatic rings. The lowest BCUT2D eigenvalue weighted by Gasteiger charge is -2.27. The van der Waals surface area contributed by atoms with E-state index in [0.29, 0.717) is 24.7 Å². The van der Waals surface area contributed by atoms with Gasteiger partial charge in [0, 0.05) is 24.7 Å². The van der Waals surface area contributed by atoms with Crippen LogP contribution in [0.5, 0.6) is 0 Å². The fraction of sp³-hybridized carbons (Fsp3) is 0.500. The van der Waals surface area contributed by atoms with Gasteiger partial charge in [0.25, 0.3) is 0 Å². The molecule has 0 aliphatic heterocycles. The summed E-state index contributed by atoms with van der Waals surface area (Å²) in [5, 5.41) is 9.48. The number of nitrogens with zero attached hydrogens (tertiary/aromatic N) is 1. The highest BCUT2D eigenvalue weighted by molar-refractivity contribution is 5.92. The van der Waals surface area contributed by atoms with E-state index in [1.54, 1.807) is 19.1 Å². The fourth-order valence-corrected chi connectivity index (χ4v) is 1.85. The van der Waals surface area contributed by atoms with E-state index in [9.17, 15) is 9.90 Å². The average molecular weight is 250 g/mol. The van der Waals surface area contributed by atoms with Crippen molar-refractivity contribution in [1.29, 1.82) is 0 Å². The molecule has 0 fully saturated rings. The van der Waals surface area contributed by atoms with Crippen molar-refractivity contribution in [3.63, 3.8) is 0 Å². The molecule has 0 bridgehead atoms. The molecular weight excluding hydrogens is 228 g/mol. The number of carbonyl (C=O) groups is 1. The molecule has 0 aliphatic carbocycles. The molecule has 4 nitrogen and oxygen atoms in total. The van der Waals surface area contributed by atoms with Gasteiger partial charge in [0.1, 0.15) is 0 Å². The number of primary amides is 1. The average Bonchev–Trinajstić information content (AvgIpc) is 2.27. The molecule has 0 heterocycles. The van der Waals surface area contributed by atoms with Crippen molar-refractivity contribution in [3.8, 4) is 0 Å². The molecule has 3 N–H and O–H groups in total. The second-order valence-electron chi connectivity index (χ2n) is 4.94. The smallest absolute Gasteiger partial charge is 0.248 e. The lowest BCUT2D eigenvalue weighted by Crippen LogP contribution is -2.36. The van der Waals surface area contributed by atoms with Gasteiger partial charge in [-0.1, -0.05) is 12.1 Å². The van der Waals surface area contributed by atoms with E-state index in [4.69, 9.17) is 5.73 Å². The zero-order chi connectivity index (χ0) is 13.7. The normalized spacial score (nSPS) is 13.0. The van der Waals surface area contributed by atoms with E-state index < -0.39 is 5.91 Å². The van der Waals surface area contributed by atoms with Crippen LogP contribution in [0.2, 0.25) is 0 Å². The molecule has 4 heteroatoms. The maximum absolute atomic E-state index is 11.1. The number of carbonyl (C=O) groups excluding carboxylic acids is 1. The molecule has 0 aromatic heterocycles. The summed E-state index contributed by atoms with van der Waals surface area (Å²) in [7, 11) is 0. The molecule has 0 saturated carbocycles. The molecule has 1 aromatic rings. The number of amides is 1. The summed E-state index contributed by atoms with van der Waals surface area (Å²) in [4.78, 5) is 13.3. The van der Waals surface area contributed by atoms with Crippen molar-refractivity contribution in [2.45, 2.75) is 39.5 Å². The highest BCUT2D eigenvalue weighted by Crippen LogP contribution is 2.11. The SMILES string of the molecule is CC(O)CN(Cc1cccc(C(N)=O)c1)C(C)C. The van der Waals surface area contributed by atoms with Crippen LogP contribution >= 0.6 is 0 Å². The summed E-state index contributed by atoms with van der Waals surface area (Å²) in [6.07, 6.45) is -0.369. The zero-order valence-electron chi connectivity index (χ0n) is 11.3. The Labute approximate surface area is 108 Å². The summed E-state index contributed by atoms with van der Waals surface area (Å²) < 4.78 is 0. The number of hydrogen-bond donors (Lipinski definition) is 2. The Hall–Kier alpha value is -1.39. The highest BCUT2D eigenvalue weighted by Gasteiger charge is 2.13. The fourth-order valence-electron chi connectivity index (χ4n) is 1.85. The van der Waals surface area contributed by atoms with Gasteiger partial charge in [0.15, 0.2) is 0 Å². The second kappa shape index (κ2) is 6.52. The first-order valence-electron chi connectivity index (χ1n) is 6.21. The molecule has 0 saturated heterocycles. The van der Waals surface area contributed by atoms with E-state index in [2.05, 4.69) is 18.7 Å². The third kappa shape index (κ3) is 4.47. The molecule has 0 spiro atoms. The monoisotopic (exact) mass is 250 g/mol. The minimum atomic E-state index is -0.413. The first kappa shape index (κ1) is 14.7. The summed E-state index contributed by atoms with van der Waals surface area (Å²) in [5.41, 5.74) is 6.81. The Morgan fingerprint density at radius 3 is 2.56 bits per heavy atom. The third-order valence-electron chi connectivity index (χ3n) is 2.83. The maximum atomic E-state index is 11.1. The number of rotatable bonds is 6. The van der Waals surface area contributed by atoms with Crippen molar-refractivity contribution in [1.82, 2.24) is 4.90 Å². The van der Waals surface area contributed by atoms with Gasteiger partial charge in [-0.05, 0) is 38.5 Å². The highest BCUT2D eigenvalue weighted by atomic mass is 16.3. The minimum absolute atomic E-state index is 0.330. The summed E-state index contributed by atoms with van der Waals surface area (Å²) >= 11 is 0. The Morgan fingerprint density at radius 2 is 2.06 bits per heavy atom. The Kier molecular flexibility index (Phi) is 5.31. The van der Waals surface area contributed by atoms with Crippen LogP contribution in [-0.4, -0.2) is 34.6 Å². The molecule has 1 rings (SSSR count). The van der Waals surface area contributed by atoms with Gasteiger partial charge in [-0.2, -0.15) is 0 Å². The molecule has 1 amide bonds. The molecular formula is C14H22N2O2. The molecule has 0 radical (unpaired) electrons. The maximum Gasteiger partial charge on any atom is 0.248 e. The Morgan fingerprint density at radius 1 is 1.39 bits per heavy atom. The predicted octanol–water partition coefficient (Wildman–Crippen LogP) is 1.38. The number of aliphatic hydroxyl groups is 1. The van der Waals surface area contributed by atoms with Gasteiger partial charge in [-0.15, -0.1) is 0 Å². The molecule has 18 heavy (non-hydrogen) atoms. The van der Waals surface area contributed by atoms with Crippen LogP contribution in [0.1, 0.15) is 36.7 Å². The quantitative estimate of drug-likeness (QED) is 0.801. The Bertz CT molecular complexity index is 403. The van der Waals surface area contributed by atoms with Crippen molar-refractivity contribution < 1.29 is 9.90 Å². The van der Waals surface area contributed by atoms with Gasteiger partial charge in [-0.3, -0.25) is 9.69 Å². The predicted molar refractivity (Wildman–Crippen MR) is 72.2 cm³/mol. The van der Waals surface area contributed by atoms with Crippen molar-refractivity contribution in [3.05, 3.63) is 35.4 Å². The van der Waals surface area contributed by atoms with Gasteiger partial charge in [0.2, 0.25) is 5.91 Å². The van der Waals surface area contributed by atoms with Crippen molar-refractivity contribution in [2.75, 3.05) is 6.54 Å². The molecule has 1 unspecified atom stereocenters. The lowest BCUT2D eigenvalue weighted by molar-refractivity contribution is 0.0994. The second-order valence-corrected chi connectivity index (χ2v) is 4.94. The first-order valence-corrected chi connectivity index (χ1v) is 6.21. The molecule has 1 aromatic carbocycles. The standard InChI is InChI=1S/C14H22N2O2/c1-10(2)16(8-11(3)17)9-12-5-4-6-13(7-12)14(15)18/h4-7,10-11,17H,8-9H2,1-3H3,(H2,15,18). The van der Waals surface area contributed by atoms with Crippen LogP contribution in [-0.2, 0) is 6.54 Å². The van der Waals surface area contributed by atoms with Crippen molar-refractivity contribution >= 4 is 5.91 Å². The topological polar surface area (TPSA) is 66.6 Å². The van der Waals surface area contributed by atoms with Crippen LogP contribution in [0.15, 0.2) is 24.3 Å². The van der Waals surface area contributed by atoms with Crippen LogP contribution in [0.3, 0.4) is 0 Å². The number of hydrogen-bond acceptors (Lipinski definition) is 3. The third-order valence-corrected chi connectivity index (χ3v) is 2.83. The molecule has 100 valence electrons. The number of benzene rings is 1. The van der Waals surface area contributed by atoms with E-state index in [-0.39, 0.29) is 6.10 Å². The van der Waals surface area contributed by atoms with Crippen LogP contribution in [0, 0.1) is 0 Å². The van der Waals surface area contributed by atoms with Crippen LogP contribution < -0.4 is 5.73 Å². The summed E-state index contributed by atoms with van der Waals surface area (Å²) in [5.74, 6) is -0.413. The van der Waals surface area contributed by atoms with Crippen molar-refractivity contribution in [2.24, 2.45) is 5.73 Å². The number of nitrogens with two attached hydrogens (primary N) is 1.